The SMILES string of the molecule is COC(=O)c1ccc(Br)c(N=C(N)N=C(N)N)c1. The molecule has 0 fully saturated rings. The van der Waals surface area contributed by atoms with Gasteiger partial charge in [0.2, 0.25) is 5.96 Å². The van der Waals surface area contributed by atoms with E-state index in [4.69, 9.17) is 17.2 Å². The van der Waals surface area contributed by atoms with Crippen LogP contribution in [0.25, 0.3) is 0 Å². The van der Waals surface area contributed by atoms with Crippen LogP contribution in [0, 0.1) is 0 Å². The van der Waals surface area contributed by atoms with Gasteiger partial charge in [-0.3, -0.25) is 0 Å². The van der Waals surface area contributed by atoms with Gasteiger partial charge in [0, 0.05) is 4.47 Å². The molecule has 8 heteroatoms. The van der Waals surface area contributed by atoms with E-state index in [1.54, 1.807) is 12.1 Å². The summed E-state index contributed by atoms with van der Waals surface area (Å²) in [6.07, 6.45) is 0. The zero-order chi connectivity index (χ0) is 13.7. The molecule has 0 aliphatic heterocycles. The van der Waals surface area contributed by atoms with Crippen LogP contribution in [0.5, 0.6) is 0 Å². The van der Waals surface area contributed by atoms with Crippen LogP contribution in [0.1, 0.15) is 10.4 Å². The molecule has 0 spiro atoms. The fraction of sp³-hybridized carbons (Fsp3) is 0.100. The third-order valence-electron chi connectivity index (χ3n) is 1.85. The molecule has 0 atom stereocenters. The molecule has 6 N–H and O–H groups in total. The van der Waals surface area contributed by atoms with Crippen LogP contribution in [0.3, 0.4) is 0 Å². The lowest BCUT2D eigenvalue weighted by atomic mass is 10.2. The molecule has 0 amide bonds. The molecule has 0 saturated carbocycles. The highest BCUT2D eigenvalue weighted by Crippen LogP contribution is 2.26. The van der Waals surface area contributed by atoms with E-state index in [0.29, 0.717) is 15.7 Å². The Balaban J connectivity index is 3.16. The van der Waals surface area contributed by atoms with Gasteiger partial charge in [0.25, 0.3) is 0 Å². The van der Waals surface area contributed by atoms with Gasteiger partial charge in [-0.2, -0.15) is 4.99 Å². The molecule has 0 aliphatic carbocycles. The monoisotopic (exact) mass is 313 g/mol. The molecule has 96 valence electrons. The van der Waals surface area contributed by atoms with Crippen molar-refractivity contribution < 1.29 is 9.53 Å². The number of guanidine groups is 2. The standard InChI is InChI=1S/C10H12BrN5O2/c1-18-8(17)5-2-3-6(11)7(4-5)15-10(14)16-9(12)13/h2-4H,1H3,(H6,12,13,14,15,16). The largest absolute Gasteiger partial charge is 0.465 e. The van der Waals surface area contributed by atoms with Gasteiger partial charge >= 0.3 is 5.97 Å². The van der Waals surface area contributed by atoms with Crippen molar-refractivity contribution in [1.29, 1.82) is 0 Å². The fourth-order valence-electron chi connectivity index (χ4n) is 1.12. The van der Waals surface area contributed by atoms with Gasteiger partial charge in [-0.15, -0.1) is 0 Å². The Morgan fingerprint density at radius 1 is 1.33 bits per heavy atom. The summed E-state index contributed by atoms with van der Waals surface area (Å²) in [5.74, 6) is -0.784. The highest BCUT2D eigenvalue weighted by atomic mass is 79.9. The molecule has 0 radical (unpaired) electrons. The van der Waals surface area contributed by atoms with Crippen molar-refractivity contribution in [3.8, 4) is 0 Å². The Bertz CT molecular complexity index is 523. The third-order valence-corrected chi connectivity index (χ3v) is 2.52. The number of esters is 1. The molecule has 0 aliphatic rings. The van der Waals surface area contributed by atoms with E-state index in [0.717, 1.165) is 0 Å². The maximum absolute atomic E-state index is 11.4. The van der Waals surface area contributed by atoms with Crippen molar-refractivity contribution in [1.82, 2.24) is 0 Å². The Morgan fingerprint density at radius 3 is 2.56 bits per heavy atom. The topological polar surface area (TPSA) is 129 Å². The second-order valence-electron chi connectivity index (χ2n) is 3.16. The summed E-state index contributed by atoms with van der Waals surface area (Å²) in [5, 5.41) is 0. The number of halogens is 1. The number of methoxy groups -OCH3 is 1. The maximum Gasteiger partial charge on any atom is 0.337 e. The predicted octanol–water partition coefficient (Wildman–Crippen LogP) is 0.455. The number of hydrogen-bond donors (Lipinski definition) is 3. The summed E-state index contributed by atoms with van der Waals surface area (Å²) < 4.78 is 5.24. The van der Waals surface area contributed by atoms with Crippen LogP contribution >= 0.6 is 15.9 Å². The summed E-state index contributed by atoms with van der Waals surface area (Å²) in [4.78, 5) is 18.9. The molecule has 7 nitrogen and oxygen atoms in total. The second-order valence-corrected chi connectivity index (χ2v) is 4.02. The van der Waals surface area contributed by atoms with Gasteiger partial charge in [-0.25, -0.2) is 9.79 Å². The number of carbonyl (C=O) groups excluding carboxylic acids is 1. The lowest BCUT2D eigenvalue weighted by Gasteiger charge is -2.03. The average molecular weight is 314 g/mol. The van der Waals surface area contributed by atoms with E-state index in [1.807, 2.05) is 0 Å². The second kappa shape index (κ2) is 6.01. The minimum absolute atomic E-state index is 0.113. The third kappa shape index (κ3) is 3.74. The van der Waals surface area contributed by atoms with Crippen molar-refractivity contribution in [2.24, 2.45) is 27.2 Å². The molecule has 0 bridgehead atoms. The van der Waals surface area contributed by atoms with E-state index >= 15 is 0 Å². The quantitative estimate of drug-likeness (QED) is 0.415. The first-order valence-electron chi connectivity index (χ1n) is 4.75. The Kier molecular flexibility index (Phi) is 4.67. The number of nitrogens with two attached hydrogens (primary N) is 3. The van der Waals surface area contributed by atoms with Crippen LogP contribution in [0.2, 0.25) is 0 Å². The normalized spacial score (nSPS) is 10.9. The number of nitrogens with zero attached hydrogens (tertiary/aromatic N) is 2. The number of hydrogen-bond acceptors (Lipinski definition) is 3. The van der Waals surface area contributed by atoms with Gasteiger partial charge < -0.3 is 21.9 Å². The average Bonchev–Trinajstić information content (AvgIpc) is 2.30. The maximum atomic E-state index is 11.4. The highest BCUT2D eigenvalue weighted by Gasteiger charge is 2.08. The zero-order valence-electron chi connectivity index (χ0n) is 9.55. The van der Waals surface area contributed by atoms with Crippen LogP contribution in [-0.4, -0.2) is 25.0 Å². The molecule has 0 unspecified atom stereocenters. The summed E-state index contributed by atoms with van der Waals surface area (Å²) in [7, 11) is 1.29. The Hall–Kier alpha value is -2.09. The summed E-state index contributed by atoms with van der Waals surface area (Å²) in [6.45, 7) is 0. The first-order valence-corrected chi connectivity index (χ1v) is 5.55. The van der Waals surface area contributed by atoms with Crippen molar-refractivity contribution >= 4 is 39.5 Å². The smallest absolute Gasteiger partial charge is 0.337 e. The Morgan fingerprint density at radius 2 is 2.00 bits per heavy atom. The van der Waals surface area contributed by atoms with Gasteiger partial charge in [-0.1, -0.05) is 0 Å². The number of benzene rings is 1. The molecule has 1 aromatic carbocycles. The molecule has 0 heterocycles. The lowest BCUT2D eigenvalue weighted by molar-refractivity contribution is 0.0601. The Labute approximate surface area is 112 Å². The summed E-state index contributed by atoms with van der Waals surface area (Å²) >= 11 is 3.27. The minimum atomic E-state index is -0.473. The number of aliphatic imine (C=N–C) groups is 2. The van der Waals surface area contributed by atoms with Crippen molar-refractivity contribution in [2.75, 3.05) is 7.11 Å². The number of rotatable bonds is 2. The first-order chi connectivity index (χ1) is 8.43. The molecular formula is C10H12BrN5O2. The van der Waals surface area contributed by atoms with Crippen molar-refractivity contribution in [2.45, 2.75) is 0 Å². The summed E-state index contributed by atoms with van der Waals surface area (Å²) in [6, 6.07) is 4.74. The van der Waals surface area contributed by atoms with E-state index in [-0.39, 0.29) is 11.9 Å². The van der Waals surface area contributed by atoms with Gasteiger partial charge in [0.05, 0.1) is 18.4 Å². The van der Waals surface area contributed by atoms with E-state index in [2.05, 4.69) is 30.7 Å². The van der Waals surface area contributed by atoms with Crippen molar-refractivity contribution in [3.63, 3.8) is 0 Å². The molecule has 0 saturated heterocycles. The van der Waals surface area contributed by atoms with Gasteiger partial charge in [0.15, 0.2) is 5.96 Å². The van der Waals surface area contributed by atoms with Crippen LogP contribution in [0.15, 0.2) is 32.7 Å². The van der Waals surface area contributed by atoms with E-state index in [9.17, 15) is 4.79 Å². The summed E-state index contributed by atoms with van der Waals surface area (Å²) in [5.41, 5.74) is 16.6. The fourth-order valence-corrected chi connectivity index (χ4v) is 1.46. The zero-order valence-corrected chi connectivity index (χ0v) is 11.1. The highest BCUT2D eigenvalue weighted by molar-refractivity contribution is 9.10. The van der Waals surface area contributed by atoms with E-state index in [1.165, 1.54) is 13.2 Å². The van der Waals surface area contributed by atoms with Crippen LogP contribution in [0.4, 0.5) is 5.69 Å². The first kappa shape index (κ1) is 14.0. The van der Waals surface area contributed by atoms with Gasteiger partial charge in [-0.05, 0) is 34.1 Å². The molecule has 1 rings (SSSR count). The minimum Gasteiger partial charge on any atom is -0.465 e. The predicted molar refractivity (Wildman–Crippen MR) is 72.6 cm³/mol. The lowest BCUT2D eigenvalue weighted by Crippen LogP contribution is -2.26. The van der Waals surface area contributed by atoms with Gasteiger partial charge in [0.1, 0.15) is 0 Å². The number of ether oxygens (including phenoxy) is 1. The molecule has 0 aromatic heterocycles. The number of carbonyl (C=O) groups is 1. The molecular weight excluding hydrogens is 302 g/mol. The molecule has 18 heavy (non-hydrogen) atoms. The van der Waals surface area contributed by atoms with Crippen LogP contribution in [-0.2, 0) is 4.74 Å². The van der Waals surface area contributed by atoms with Crippen LogP contribution < -0.4 is 17.2 Å². The van der Waals surface area contributed by atoms with Crippen molar-refractivity contribution in [3.05, 3.63) is 28.2 Å². The van der Waals surface area contributed by atoms with E-state index < -0.39 is 5.97 Å². The molecule has 1 aromatic rings.